The molecule has 0 saturated carbocycles. The van der Waals surface area contributed by atoms with Crippen molar-refractivity contribution in [2.45, 2.75) is 24.4 Å². The van der Waals surface area contributed by atoms with Crippen LogP contribution in [0.2, 0.25) is 0 Å². The minimum Gasteiger partial charge on any atom is -0.394 e. The lowest BCUT2D eigenvalue weighted by Gasteiger charge is -2.15. The maximum Gasteiger partial charge on any atom is 0.376 e. The van der Waals surface area contributed by atoms with E-state index in [0.29, 0.717) is 4.68 Å². The molecule has 1 aromatic rings. The number of hydrogen-bond donors (Lipinski definition) is 6. The summed E-state index contributed by atoms with van der Waals surface area (Å²) in [5, 5.41) is 28.3. The molecule has 1 aliphatic rings. The molecule has 11 heteroatoms. The van der Waals surface area contributed by atoms with E-state index >= 15 is 0 Å². The number of aliphatic hydroxyl groups excluding tert-OH is 3. The van der Waals surface area contributed by atoms with Crippen LogP contribution in [0.1, 0.15) is 11.9 Å². The van der Waals surface area contributed by atoms with Crippen LogP contribution < -0.4 is 11.3 Å². The Kier molecular flexibility index (Phi) is 3.67. The molecule has 1 aliphatic heterocycles. The van der Waals surface area contributed by atoms with Gasteiger partial charge in [-0.05, 0) is 0 Å². The van der Waals surface area contributed by atoms with Gasteiger partial charge in [0.2, 0.25) is 0 Å². The van der Waals surface area contributed by atoms with Gasteiger partial charge in [0.05, 0.1) is 12.8 Å². The fourth-order valence-electron chi connectivity index (χ4n) is 1.90. The molecule has 10 nitrogen and oxygen atoms in total. The average molecular weight is 295 g/mol. The summed E-state index contributed by atoms with van der Waals surface area (Å²) >= 11 is 0. The second-order valence-electron chi connectivity index (χ2n) is 4.15. The number of ether oxygens (including phenoxy) is 1. The fourth-order valence-corrected chi connectivity index (χ4v) is 2.50. The number of imidazole rings is 1. The van der Waals surface area contributed by atoms with E-state index in [1.165, 1.54) is 0 Å². The van der Waals surface area contributed by atoms with E-state index in [-0.39, 0.29) is 5.82 Å². The summed E-state index contributed by atoms with van der Waals surface area (Å²) < 4.78 is 16.9. The number of nitrogen functional groups attached to an aromatic ring is 1. The molecule has 1 unspecified atom stereocenters. The molecule has 19 heavy (non-hydrogen) atoms. The van der Waals surface area contributed by atoms with Crippen molar-refractivity contribution in [2.75, 3.05) is 12.4 Å². The molecule has 0 aromatic carbocycles. The molecule has 4 atom stereocenters. The molecular weight excluding hydrogens is 281 g/mol. The lowest BCUT2D eigenvalue weighted by atomic mass is 10.1. The monoisotopic (exact) mass is 295 g/mol. The number of nitrogens with zero attached hydrogens (tertiary/aromatic N) is 2. The molecule has 0 radical (unpaired) electrons. The summed E-state index contributed by atoms with van der Waals surface area (Å²) in [6.45, 7) is -0.522. The molecule has 2 rings (SSSR count). The van der Waals surface area contributed by atoms with Gasteiger partial charge in [-0.2, -0.15) is 0 Å². The summed E-state index contributed by atoms with van der Waals surface area (Å²) in [7, 11) is -4.61. The lowest BCUT2D eigenvalue weighted by molar-refractivity contribution is -0.0258. The van der Waals surface area contributed by atoms with Crippen LogP contribution in [-0.2, 0) is 9.30 Å². The standard InChI is InChI=1S/C8H14N3O7P/c9-11-4(19(15,16)17)1-10-8(11)7-6(14)5(13)3(2-12)18-7/h1,3,5-7,12-14H,2,9H2,(H2,15,16,17)/t3-,5-,6-,7?/m1/s1. The Morgan fingerprint density at radius 3 is 2.47 bits per heavy atom. The normalized spacial score (nSPS) is 31.8. The molecule has 7 N–H and O–H groups in total. The predicted octanol–water partition coefficient (Wildman–Crippen LogP) is -3.45. The van der Waals surface area contributed by atoms with Crippen LogP contribution in [0.15, 0.2) is 6.20 Å². The zero-order valence-corrected chi connectivity index (χ0v) is 10.5. The highest BCUT2D eigenvalue weighted by Gasteiger charge is 2.45. The van der Waals surface area contributed by atoms with Crippen molar-refractivity contribution in [1.82, 2.24) is 9.66 Å². The molecule has 1 aromatic heterocycles. The first-order valence-electron chi connectivity index (χ1n) is 5.28. The van der Waals surface area contributed by atoms with Gasteiger partial charge in [-0.25, -0.2) is 9.66 Å². The molecule has 1 fully saturated rings. The largest absolute Gasteiger partial charge is 0.394 e. The van der Waals surface area contributed by atoms with Crippen LogP contribution in [0.25, 0.3) is 0 Å². The van der Waals surface area contributed by atoms with Crippen molar-refractivity contribution >= 4 is 13.0 Å². The van der Waals surface area contributed by atoms with E-state index in [1.54, 1.807) is 0 Å². The zero-order valence-electron chi connectivity index (χ0n) is 9.57. The average Bonchev–Trinajstić information content (AvgIpc) is 2.82. The molecule has 2 heterocycles. The SMILES string of the molecule is Nn1c(P(=O)(O)O)cnc1C1O[C@H](CO)[C@@H](O)[C@H]1O. The van der Waals surface area contributed by atoms with E-state index in [9.17, 15) is 14.8 Å². The van der Waals surface area contributed by atoms with Crippen molar-refractivity contribution in [3.8, 4) is 0 Å². The Balaban J connectivity index is 2.34. The van der Waals surface area contributed by atoms with E-state index in [2.05, 4.69) is 4.98 Å². The van der Waals surface area contributed by atoms with Crippen LogP contribution in [-0.4, -0.2) is 59.7 Å². The first-order valence-corrected chi connectivity index (χ1v) is 6.90. The van der Waals surface area contributed by atoms with Gasteiger partial charge in [0.25, 0.3) is 0 Å². The van der Waals surface area contributed by atoms with E-state index < -0.39 is 44.1 Å². The molecule has 0 aliphatic carbocycles. The highest BCUT2D eigenvalue weighted by atomic mass is 31.2. The van der Waals surface area contributed by atoms with Gasteiger partial charge in [0.15, 0.2) is 11.3 Å². The Bertz CT molecular complexity index is 514. The van der Waals surface area contributed by atoms with Crippen molar-refractivity contribution in [3.05, 3.63) is 12.0 Å². The van der Waals surface area contributed by atoms with Crippen LogP contribution in [0.5, 0.6) is 0 Å². The molecule has 108 valence electrons. The summed E-state index contributed by atoms with van der Waals surface area (Å²) in [6.07, 6.45) is -4.09. The number of aromatic nitrogens is 2. The topological polar surface area (TPSA) is 171 Å². The maximum absolute atomic E-state index is 11.1. The molecule has 0 bridgehead atoms. The summed E-state index contributed by atoms with van der Waals surface area (Å²) in [4.78, 5) is 21.7. The van der Waals surface area contributed by atoms with Crippen LogP contribution in [0, 0.1) is 0 Å². The minimum atomic E-state index is -4.61. The van der Waals surface area contributed by atoms with Crippen LogP contribution >= 0.6 is 7.60 Å². The first kappa shape index (κ1) is 14.4. The Morgan fingerprint density at radius 2 is 2.05 bits per heavy atom. The van der Waals surface area contributed by atoms with Crippen LogP contribution in [0.3, 0.4) is 0 Å². The van der Waals surface area contributed by atoms with Crippen molar-refractivity contribution < 1.29 is 34.4 Å². The Labute approximate surface area is 107 Å². The second kappa shape index (κ2) is 4.84. The molecule has 0 amide bonds. The Hall–Kier alpha value is -1.00. The van der Waals surface area contributed by atoms with Gasteiger partial charge in [-0.15, -0.1) is 0 Å². The van der Waals surface area contributed by atoms with Crippen molar-refractivity contribution in [3.63, 3.8) is 0 Å². The van der Waals surface area contributed by atoms with Gasteiger partial charge >= 0.3 is 7.60 Å². The smallest absolute Gasteiger partial charge is 0.376 e. The number of aliphatic hydroxyl groups is 3. The summed E-state index contributed by atoms with van der Waals surface area (Å²) in [6, 6.07) is 0. The minimum absolute atomic E-state index is 0.152. The maximum atomic E-state index is 11.1. The Morgan fingerprint density at radius 1 is 1.42 bits per heavy atom. The van der Waals surface area contributed by atoms with Gasteiger partial charge in [-0.1, -0.05) is 0 Å². The quantitative estimate of drug-likeness (QED) is 0.245. The van der Waals surface area contributed by atoms with Crippen molar-refractivity contribution in [1.29, 1.82) is 0 Å². The lowest BCUT2D eigenvalue weighted by Crippen LogP contribution is -2.33. The first-order chi connectivity index (χ1) is 8.77. The molecule has 0 spiro atoms. The van der Waals surface area contributed by atoms with Crippen molar-refractivity contribution in [2.24, 2.45) is 0 Å². The zero-order chi connectivity index (χ0) is 14.4. The van der Waals surface area contributed by atoms with Gasteiger partial charge in [0.1, 0.15) is 24.4 Å². The number of nitrogens with two attached hydrogens (primary N) is 1. The highest BCUT2D eigenvalue weighted by Crippen LogP contribution is 2.36. The second-order valence-corrected chi connectivity index (χ2v) is 5.69. The highest BCUT2D eigenvalue weighted by molar-refractivity contribution is 7.60. The van der Waals surface area contributed by atoms with Crippen LogP contribution in [0.4, 0.5) is 0 Å². The van der Waals surface area contributed by atoms with Gasteiger partial charge < -0.3 is 35.7 Å². The third-order valence-electron chi connectivity index (χ3n) is 2.90. The summed E-state index contributed by atoms with van der Waals surface area (Å²) in [5.41, 5.74) is -0.541. The molecule has 1 saturated heterocycles. The number of rotatable bonds is 3. The number of hydrogen-bond acceptors (Lipinski definition) is 7. The summed E-state index contributed by atoms with van der Waals surface area (Å²) in [5.74, 6) is 5.34. The van der Waals surface area contributed by atoms with E-state index in [1.807, 2.05) is 0 Å². The third kappa shape index (κ3) is 2.39. The van der Waals surface area contributed by atoms with Gasteiger partial charge in [0, 0.05) is 0 Å². The fraction of sp³-hybridized carbons (Fsp3) is 0.625. The third-order valence-corrected chi connectivity index (χ3v) is 3.83. The predicted molar refractivity (Wildman–Crippen MR) is 60.8 cm³/mol. The van der Waals surface area contributed by atoms with E-state index in [0.717, 1.165) is 6.20 Å². The van der Waals surface area contributed by atoms with E-state index in [4.69, 9.17) is 25.5 Å². The van der Waals surface area contributed by atoms with Gasteiger partial charge in [-0.3, -0.25) is 4.57 Å². The molecular formula is C8H14N3O7P.